The third kappa shape index (κ3) is 4.43. The molecule has 0 aliphatic carbocycles. The molecular formula is C22H22ClN3O3. The van der Waals surface area contributed by atoms with E-state index in [-0.39, 0.29) is 11.8 Å². The van der Waals surface area contributed by atoms with E-state index in [9.17, 15) is 9.59 Å². The molecule has 2 heterocycles. The van der Waals surface area contributed by atoms with Gasteiger partial charge < -0.3 is 15.1 Å². The summed E-state index contributed by atoms with van der Waals surface area (Å²) in [5.74, 6) is -0.445. The Morgan fingerprint density at radius 3 is 2.59 bits per heavy atom. The average Bonchev–Trinajstić information content (AvgIpc) is 3.25. The lowest BCUT2D eigenvalue weighted by atomic mass is 10.0. The van der Waals surface area contributed by atoms with Gasteiger partial charge in [0.15, 0.2) is 0 Å². The smallest absolute Gasteiger partial charge is 0.268 e. The molecule has 2 amide bonds. The summed E-state index contributed by atoms with van der Waals surface area (Å²) < 4.78 is 0. The highest BCUT2D eigenvalue weighted by molar-refractivity contribution is 6.31. The predicted octanol–water partition coefficient (Wildman–Crippen LogP) is 4.10. The molecule has 0 saturated carbocycles. The van der Waals surface area contributed by atoms with E-state index >= 15 is 0 Å². The quantitative estimate of drug-likeness (QED) is 0.823. The number of likely N-dealkylation sites (tertiary alicyclic amines) is 1. The van der Waals surface area contributed by atoms with E-state index in [1.807, 2.05) is 35.2 Å². The molecule has 0 spiro atoms. The molecule has 1 N–H and O–H groups in total. The number of nitrogens with zero attached hydrogens (tertiary/aromatic N) is 2. The minimum absolute atomic E-state index is 0.0924. The van der Waals surface area contributed by atoms with Gasteiger partial charge in [0.2, 0.25) is 6.10 Å². The van der Waals surface area contributed by atoms with Crippen LogP contribution in [0.5, 0.6) is 0 Å². The van der Waals surface area contributed by atoms with Crippen LogP contribution in [0.1, 0.15) is 41.6 Å². The van der Waals surface area contributed by atoms with Crippen molar-refractivity contribution >= 4 is 34.8 Å². The highest BCUT2D eigenvalue weighted by Crippen LogP contribution is 2.25. The maximum atomic E-state index is 12.9. The minimum Gasteiger partial charge on any atom is -0.382 e. The number of hydrogen-bond acceptors (Lipinski definition) is 4. The number of oxime groups is 1. The number of carbonyl (C=O) groups excluding carboxylic acids is 2. The molecule has 1 saturated heterocycles. The molecule has 0 aromatic heterocycles. The van der Waals surface area contributed by atoms with Crippen LogP contribution in [-0.4, -0.2) is 41.6 Å². The fraction of sp³-hybridized carbons (Fsp3) is 0.318. The zero-order valence-electron chi connectivity index (χ0n) is 15.9. The zero-order chi connectivity index (χ0) is 20.2. The van der Waals surface area contributed by atoms with Gasteiger partial charge in [0.05, 0.1) is 17.0 Å². The summed E-state index contributed by atoms with van der Waals surface area (Å²) in [6, 6.07) is 14.5. The molecule has 0 bridgehead atoms. The Bertz CT molecular complexity index is 940. The normalized spacial score (nSPS) is 18.7. The largest absolute Gasteiger partial charge is 0.382 e. The summed E-state index contributed by atoms with van der Waals surface area (Å²) in [6.45, 7) is 1.46. The second-order valence-electron chi connectivity index (χ2n) is 7.23. The van der Waals surface area contributed by atoms with Gasteiger partial charge in [-0.05, 0) is 43.0 Å². The summed E-state index contributed by atoms with van der Waals surface area (Å²) in [7, 11) is 0. The average molecular weight is 412 g/mol. The van der Waals surface area contributed by atoms with Gasteiger partial charge in [-0.1, -0.05) is 47.1 Å². The number of amides is 2. The van der Waals surface area contributed by atoms with Crippen molar-refractivity contribution in [3.63, 3.8) is 0 Å². The Balaban J connectivity index is 1.47. The maximum Gasteiger partial charge on any atom is 0.268 e. The molecule has 150 valence electrons. The molecule has 1 atom stereocenters. The molecule has 2 aliphatic rings. The fourth-order valence-corrected chi connectivity index (χ4v) is 3.78. The number of hydrogen-bond donors (Lipinski definition) is 1. The number of benzene rings is 2. The van der Waals surface area contributed by atoms with E-state index in [0.29, 0.717) is 22.7 Å². The van der Waals surface area contributed by atoms with Crippen LogP contribution in [0.2, 0.25) is 5.02 Å². The van der Waals surface area contributed by atoms with Gasteiger partial charge in [-0.25, -0.2) is 0 Å². The van der Waals surface area contributed by atoms with E-state index < -0.39 is 6.10 Å². The van der Waals surface area contributed by atoms with E-state index in [0.717, 1.165) is 43.6 Å². The first-order valence-corrected chi connectivity index (χ1v) is 10.2. The van der Waals surface area contributed by atoms with Crippen LogP contribution in [0.3, 0.4) is 0 Å². The molecule has 2 aromatic carbocycles. The number of anilines is 1. The van der Waals surface area contributed by atoms with Crippen molar-refractivity contribution in [1.29, 1.82) is 0 Å². The topological polar surface area (TPSA) is 71.0 Å². The molecule has 2 aromatic rings. The van der Waals surface area contributed by atoms with Crippen LogP contribution in [0.15, 0.2) is 53.7 Å². The van der Waals surface area contributed by atoms with Gasteiger partial charge in [-0.15, -0.1) is 0 Å². The molecule has 1 unspecified atom stereocenters. The van der Waals surface area contributed by atoms with Gasteiger partial charge in [-0.3, -0.25) is 9.59 Å². The summed E-state index contributed by atoms with van der Waals surface area (Å²) in [5.41, 5.74) is 2.48. The summed E-state index contributed by atoms with van der Waals surface area (Å²) >= 11 is 6.12. The third-order valence-corrected chi connectivity index (χ3v) is 5.42. The highest BCUT2D eigenvalue weighted by Gasteiger charge is 2.30. The number of piperidine rings is 1. The number of rotatable bonds is 4. The maximum absolute atomic E-state index is 12.9. The van der Waals surface area contributed by atoms with Gasteiger partial charge in [0.25, 0.3) is 11.8 Å². The van der Waals surface area contributed by atoms with Crippen LogP contribution in [-0.2, 0) is 9.63 Å². The standard InChI is InChI=1S/C22H22ClN3O3/c23-16-9-10-17(22(28)26-11-5-2-6-12-26)19(13-16)24-21(27)20-14-18(25-29-20)15-7-3-1-4-8-15/h1,3-4,7-10,13,20H,2,5-6,11-12,14H2,(H,24,27). The first-order valence-electron chi connectivity index (χ1n) is 9.79. The zero-order valence-corrected chi connectivity index (χ0v) is 16.7. The van der Waals surface area contributed by atoms with Crippen LogP contribution in [0.25, 0.3) is 0 Å². The Labute approximate surface area is 174 Å². The summed E-state index contributed by atoms with van der Waals surface area (Å²) in [4.78, 5) is 32.9. The van der Waals surface area contributed by atoms with Crippen molar-refractivity contribution < 1.29 is 14.4 Å². The molecule has 2 aliphatic heterocycles. The summed E-state index contributed by atoms with van der Waals surface area (Å²) in [5, 5.41) is 7.32. The molecule has 7 heteroatoms. The van der Waals surface area contributed by atoms with Crippen LogP contribution < -0.4 is 5.32 Å². The third-order valence-electron chi connectivity index (χ3n) is 5.18. The van der Waals surface area contributed by atoms with Crippen molar-refractivity contribution in [2.24, 2.45) is 5.16 Å². The van der Waals surface area contributed by atoms with Crippen molar-refractivity contribution in [3.05, 3.63) is 64.7 Å². The minimum atomic E-state index is -0.748. The van der Waals surface area contributed by atoms with Crippen LogP contribution in [0, 0.1) is 0 Å². The lowest BCUT2D eigenvalue weighted by Gasteiger charge is -2.27. The Kier molecular flexibility index (Phi) is 5.81. The van der Waals surface area contributed by atoms with Crippen LogP contribution in [0.4, 0.5) is 5.69 Å². The SMILES string of the molecule is O=C(Nc1cc(Cl)ccc1C(=O)N1CCCCC1)C1CC(c2ccccc2)=NO1. The second-order valence-corrected chi connectivity index (χ2v) is 7.67. The highest BCUT2D eigenvalue weighted by atomic mass is 35.5. The molecule has 1 fully saturated rings. The van der Waals surface area contributed by atoms with E-state index in [2.05, 4.69) is 10.5 Å². The lowest BCUT2D eigenvalue weighted by molar-refractivity contribution is -0.125. The van der Waals surface area contributed by atoms with Crippen molar-refractivity contribution in [3.8, 4) is 0 Å². The van der Waals surface area contributed by atoms with E-state index in [1.54, 1.807) is 18.2 Å². The Hall–Kier alpha value is -2.86. The molecule has 29 heavy (non-hydrogen) atoms. The Morgan fingerprint density at radius 2 is 1.83 bits per heavy atom. The number of halogens is 1. The van der Waals surface area contributed by atoms with Crippen molar-refractivity contribution in [2.45, 2.75) is 31.8 Å². The van der Waals surface area contributed by atoms with Gasteiger partial charge in [-0.2, -0.15) is 0 Å². The number of nitrogens with one attached hydrogen (secondary N) is 1. The first-order chi connectivity index (χ1) is 14.1. The van der Waals surface area contributed by atoms with Gasteiger partial charge in [0, 0.05) is 24.5 Å². The van der Waals surface area contributed by atoms with Crippen LogP contribution >= 0.6 is 11.6 Å². The van der Waals surface area contributed by atoms with Gasteiger partial charge >= 0.3 is 0 Å². The summed E-state index contributed by atoms with van der Waals surface area (Å²) in [6.07, 6.45) is 2.75. The van der Waals surface area contributed by atoms with E-state index in [1.165, 1.54) is 0 Å². The molecular weight excluding hydrogens is 390 g/mol. The van der Waals surface area contributed by atoms with Crippen molar-refractivity contribution in [1.82, 2.24) is 4.90 Å². The first kappa shape index (κ1) is 19.5. The molecule has 4 rings (SSSR count). The molecule has 0 radical (unpaired) electrons. The van der Waals surface area contributed by atoms with E-state index in [4.69, 9.17) is 16.4 Å². The second kappa shape index (κ2) is 8.66. The fourth-order valence-electron chi connectivity index (χ4n) is 3.61. The Morgan fingerprint density at radius 1 is 1.07 bits per heavy atom. The predicted molar refractivity (Wildman–Crippen MR) is 112 cm³/mol. The monoisotopic (exact) mass is 411 g/mol. The van der Waals surface area contributed by atoms with Crippen molar-refractivity contribution in [2.75, 3.05) is 18.4 Å². The molecule has 6 nitrogen and oxygen atoms in total. The lowest BCUT2D eigenvalue weighted by Crippen LogP contribution is -2.36. The van der Waals surface area contributed by atoms with Gasteiger partial charge in [0.1, 0.15) is 0 Å². The number of carbonyl (C=O) groups is 2.